The van der Waals surface area contributed by atoms with E-state index in [1.165, 1.54) is 5.56 Å². The van der Waals surface area contributed by atoms with E-state index in [9.17, 15) is 4.39 Å². The van der Waals surface area contributed by atoms with Gasteiger partial charge in [-0.25, -0.2) is 4.39 Å². The molecule has 76 valence electrons. The smallest absolute Gasteiger partial charge is 0.120 e. The summed E-state index contributed by atoms with van der Waals surface area (Å²) >= 11 is 0. The molecular weight excluding hydrogens is 177 g/mol. The first-order valence-electron chi connectivity index (χ1n) is 5.15. The number of hydrogen-bond acceptors (Lipinski definition) is 1. The number of alkyl halides is 1. The van der Waals surface area contributed by atoms with E-state index >= 15 is 0 Å². The Hall–Kier alpha value is -0.890. The van der Waals surface area contributed by atoms with Crippen LogP contribution in [0.4, 0.5) is 4.39 Å². The van der Waals surface area contributed by atoms with Gasteiger partial charge in [-0.3, -0.25) is 0 Å². The monoisotopic (exact) mass is 193 g/mol. The average Bonchev–Trinajstić information content (AvgIpc) is 2.19. The topological polar surface area (TPSA) is 12.0 Å². The minimum absolute atomic E-state index is 0.333. The lowest BCUT2D eigenvalue weighted by Gasteiger charge is -2.32. The van der Waals surface area contributed by atoms with Gasteiger partial charge in [-0.2, -0.15) is 0 Å². The lowest BCUT2D eigenvalue weighted by atomic mass is 9.90. The van der Waals surface area contributed by atoms with Crippen molar-refractivity contribution in [1.82, 2.24) is 5.32 Å². The van der Waals surface area contributed by atoms with Crippen molar-refractivity contribution in [1.29, 1.82) is 0 Å². The highest BCUT2D eigenvalue weighted by Crippen LogP contribution is 2.29. The fourth-order valence-corrected chi connectivity index (χ4v) is 1.94. The van der Waals surface area contributed by atoms with E-state index in [1.54, 1.807) is 6.92 Å². The number of rotatable bonds is 1. The Morgan fingerprint density at radius 3 is 2.64 bits per heavy atom. The molecule has 0 radical (unpaired) electrons. The van der Waals surface area contributed by atoms with Crippen LogP contribution in [0.2, 0.25) is 0 Å². The number of benzene rings is 1. The maximum atomic E-state index is 13.5. The Kier molecular flexibility index (Phi) is 2.55. The quantitative estimate of drug-likeness (QED) is 0.723. The maximum Gasteiger partial charge on any atom is 0.120 e. The first-order chi connectivity index (χ1) is 6.67. The maximum absolute atomic E-state index is 13.5. The van der Waals surface area contributed by atoms with Gasteiger partial charge in [0.1, 0.15) is 5.67 Å². The second-order valence-electron chi connectivity index (χ2n) is 4.30. The van der Waals surface area contributed by atoms with Crippen LogP contribution in [-0.4, -0.2) is 12.2 Å². The molecule has 1 unspecified atom stereocenters. The first kappa shape index (κ1) is 9.66. The molecule has 1 heterocycles. The van der Waals surface area contributed by atoms with Gasteiger partial charge in [0.15, 0.2) is 0 Å². The summed E-state index contributed by atoms with van der Waals surface area (Å²) in [7, 11) is 0. The Morgan fingerprint density at radius 1 is 1.36 bits per heavy atom. The highest BCUT2D eigenvalue weighted by atomic mass is 19.1. The lowest BCUT2D eigenvalue weighted by Crippen LogP contribution is -2.41. The number of nitrogens with one attached hydrogen (secondary N) is 1. The van der Waals surface area contributed by atoms with Crippen molar-refractivity contribution in [2.75, 3.05) is 6.54 Å². The van der Waals surface area contributed by atoms with Crippen molar-refractivity contribution in [3.63, 3.8) is 0 Å². The fraction of sp³-hybridized carbons (Fsp3) is 0.500. The van der Waals surface area contributed by atoms with Crippen molar-refractivity contribution in [2.45, 2.75) is 31.5 Å². The van der Waals surface area contributed by atoms with E-state index in [0.717, 1.165) is 6.42 Å². The Morgan fingerprint density at radius 2 is 2.07 bits per heavy atom. The molecule has 1 nitrogen and oxygen atoms in total. The van der Waals surface area contributed by atoms with Crippen LogP contribution in [0.3, 0.4) is 0 Å². The summed E-state index contributed by atoms with van der Waals surface area (Å²) in [5.41, 5.74) is 0.244. The Bertz CT molecular complexity index is 284. The fourth-order valence-electron chi connectivity index (χ4n) is 1.94. The van der Waals surface area contributed by atoms with Crippen molar-refractivity contribution >= 4 is 0 Å². The van der Waals surface area contributed by atoms with Gasteiger partial charge in [0.05, 0.1) is 0 Å². The predicted octanol–water partition coefficient (Wildman–Crippen LogP) is 2.84. The van der Waals surface area contributed by atoms with Crippen molar-refractivity contribution in [2.24, 2.45) is 0 Å². The molecule has 1 aromatic carbocycles. The van der Waals surface area contributed by atoms with Gasteiger partial charge < -0.3 is 5.32 Å². The molecule has 2 rings (SSSR count). The van der Waals surface area contributed by atoms with Crippen LogP contribution in [-0.2, 0) is 0 Å². The average molecular weight is 193 g/mol. The second-order valence-corrected chi connectivity index (χ2v) is 4.30. The molecule has 14 heavy (non-hydrogen) atoms. The van der Waals surface area contributed by atoms with Gasteiger partial charge >= 0.3 is 0 Å². The van der Waals surface area contributed by atoms with E-state index in [-0.39, 0.29) is 0 Å². The molecule has 1 saturated heterocycles. The van der Waals surface area contributed by atoms with Crippen molar-refractivity contribution in [3.8, 4) is 0 Å². The largest absolute Gasteiger partial charge is 0.307 e. The number of hydrogen-bond donors (Lipinski definition) is 1. The molecule has 1 aliphatic heterocycles. The summed E-state index contributed by atoms with van der Waals surface area (Å²) in [6.45, 7) is 2.13. The van der Waals surface area contributed by atoms with Gasteiger partial charge in [0, 0.05) is 12.6 Å². The second kappa shape index (κ2) is 3.70. The van der Waals surface area contributed by atoms with Crippen LogP contribution in [0.15, 0.2) is 30.3 Å². The van der Waals surface area contributed by atoms with E-state index in [2.05, 4.69) is 17.4 Å². The summed E-state index contributed by atoms with van der Waals surface area (Å²) in [5, 5.41) is 3.25. The van der Waals surface area contributed by atoms with Crippen LogP contribution in [0.5, 0.6) is 0 Å². The zero-order valence-electron chi connectivity index (χ0n) is 8.46. The first-order valence-corrected chi connectivity index (χ1v) is 5.15. The zero-order valence-corrected chi connectivity index (χ0v) is 8.46. The van der Waals surface area contributed by atoms with E-state index in [0.29, 0.717) is 19.0 Å². The molecule has 0 bridgehead atoms. The van der Waals surface area contributed by atoms with Crippen molar-refractivity contribution < 1.29 is 4.39 Å². The molecule has 1 aliphatic rings. The van der Waals surface area contributed by atoms with Crippen LogP contribution in [0, 0.1) is 0 Å². The molecule has 2 atom stereocenters. The molecule has 1 N–H and O–H groups in total. The van der Waals surface area contributed by atoms with Gasteiger partial charge in [-0.05, 0) is 25.3 Å². The normalized spacial score (nSPS) is 32.9. The summed E-state index contributed by atoms with van der Waals surface area (Å²) in [6.07, 6.45) is 1.54. The Balaban J connectivity index is 2.03. The van der Waals surface area contributed by atoms with Crippen molar-refractivity contribution in [3.05, 3.63) is 35.9 Å². The van der Waals surface area contributed by atoms with E-state index < -0.39 is 5.67 Å². The third-order valence-corrected chi connectivity index (χ3v) is 2.87. The molecule has 0 aromatic heterocycles. The summed E-state index contributed by atoms with van der Waals surface area (Å²) < 4.78 is 13.5. The molecule has 0 spiro atoms. The predicted molar refractivity (Wildman–Crippen MR) is 55.9 cm³/mol. The van der Waals surface area contributed by atoms with Gasteiger partial charge in [0.2, 0.25) is 0 Å². The molecular formula is C12H16FN. The molecule has 1 aromatic rings. The highest BCUT2D eigenvalue weighted by molar-refractivity contribution is 5.19. The van der Waals surface area contributed by atoms with Gasteiger partial charge in [-0.15, -0.1) is 0 Å². The van der Waals surface area contributed by atoms with E-state index in [1.807, 2.05) is 18.2 Å². The molecule has 0 amide bonds. The van der Waals surface area contributed by atoms with Gasteiger partial charge in [-0.1, -0.05) is 30.3 Å². The third-order valence-electron chi connectivity index (χ3n) is 2.87. The number of piperidine rings is 1. The highest BCUT2D eigenvalue weighted by Gasteiger charge is 2.30. The molecule has 2 heteroatoms. The molecule has 1 fully saturated rings. The lowest BCUT2D eigenvalue weighted by molar-refractivity contribution is 0.125. The summed E-state index contributed by atoms with van der Waals surface area (Å²) in [6, 6.07) is 10.6. The third kappa shape index (κ3) is 2.13. The minimum Gasteiger partial charge on any atom is -0.307 e. The summed E-state index contributed by atoms with van der Waals surface area (Å²) in [5.74, 6) is 0. The molecule has 0 aliphatic carbocycles. The summed E-state index contributed by atoms with van der Waals surface area (Å²) in [4.78, 5) is 0. The number of halogens is 1. The Labute approximate surface area is 84.3 Å². The standard InChI is InChI=1S/C12H16FN/c1-12(13)8-7-11(14-9-12)10-5-3-2-4-6-10/h2-6,11,14H,7-9H2,1H3/t11-,12?/m1/s1. The zero-order chi connectivity index (χ0) is 10.0. The van der Waals surface area contributed by atoms with Gasteiger partial charge in [0.25, 0.3) is 0 Å². The van der Waals surface area contributed by atoms with E-state index in [4.69, 9.17) is 0 Å². The minimum atomic E-state index is -1.02. The van der Waals surface area contributed by atoms with Crippen LogP contribution >= 0.6 is 0 Å². The SMILES string of the molecule is CC1(F)CC[C@H](c2ccccc2)NC1. The molecule has 0 saturated carbocycles. The van der Waals surface area contributed by atoms with Crippen LogP contribution < -0.4 is 5.32 Å². The van der Waals surface area contributed by atoms with Crippen LogP contribution in [0.1, 0.15) is 31.4 Å². The van der Waals surface area contributed by atoms with Crippen LogP contribution in [0.25, 0.3) is 0 Å².